The number of methoxy groups -OCH3 is 1. The normalized spacial score (nSPS) is 10.8. The number of nitrogens with zero attached hydrogens (tertiary/aromatic N) is 2. The molecule has 0 saturated carbocycles. The van der Waals surface area contributed by atoms with Crippen LogP contribution in [-0.4, -0.2) is 24.2 Å². The second-order valence-electron chi connectivity index (χ2n) is 5.79. The molecule has 1 aromatic heterocycles. The molecule has 0 aliphatic rings. The van der Waals surface area contributed by atoms with E-state index >= 15 is 0 Å². The van der Waals surface area contributed by atoms with E-state index < -0.39 is 4.92 Å². The molecule has 3 rings (SSSR count). The van der Waals surface area contributed by atoms with Gasteiger partial charge in [-0.3, -0.25) is 14.9 Å². The number of benzene rings is 2. The van der Waals surface area contributed by atoms with Gasteiger partial charge in [-0.15, -0.1) is 0 Å². The van der Waals surface area contributed by atoms with Crippen molar-refractivity contribution in [2.45, 2.75) is 6.42 Å². The van der Waals surface area contributed by atoms with E-state index in [0.717, 1.165) is 11.3 Å². The van der Waals surface area contributed by atoms with Gasteiger partial charge in [-0.1, -0.05) is 24.3 Å². The number of furan rings is 1. The number of ether oxygens (including phenoxy) is 1. The molecule has 0 aliphatic heterocycles. The lowest BCUT2D eigenvalue weighted by molar-refractivity contribution is -0.384. The molecular formula is C20H17N3O5. The molecule has 0 saturated heterocycles. The van der Waals surface area contributed by atoms with E-state index in [4.69, 9.17) is 9.15 Å². The number of para-hydroxylation sites is 1. The quantitative estimate of drug-likeness (QED) is 0.384. The Kier molecular flexibility index (Phi) is 5.81. The average Bonchev–Trinajstić information content (AvgIpc) is 3.17. The van der Waals surface area contributed by atoms with Gasteiger partial charge in [-0.2, -0.15) is 5.10 Å². The smallest absolute Gasteiger partial charge is 0.280 e. The fourth-order valence-corrected chi connectivity index (χ4v) is 2.54. The Hall–Kier alpha value is -3.94. The van der Waals surface area contributed by atoms with Gasteiger partial charge >= 0.3 is 0 Å². The van der Waals surface area contributed by atoms with Gasteiger partial charge in [0.15, 0.2) is 0 Å². The Balaban J connectivity index is 1.61. The molecule has 1 N–H and O–H groups in total. The average molecular weight is 379 g/mol. The molecule has 0 radical (unpaired) electrons. The van der Waals surface area contributed by atoms with Gasteiger partial charge in [-0.25, -0.2) is 5.43 Å². The predicted molar refractivity (Wildman–Crippen MR) is 103 cm³/mol. The van der Waals surface area contributed by atoms with Crippen molar-refractivity contribution in [3.63, 3.8) is 0 Å². The van der Waals surface area contributed by atoms with Crippen LogP contribution in [0, 0.1) is 10.1 Å². The Morgan fingerprint density at radius 2 is 1.93 bits per heavy atom. The number of nitro groups is 1. The zero-order valence-electron chi connectivity index (χ0n) is 15.0. The highest BCUT2D eigenvalue weighted by Crippen LogP contribution is 2.30. The SMILES string of the molecule is COc1ccc(CC(=O)N/N=C\c2ccc(-c3ccccc3[N+](=O)[O-])o2)cc1. The van der Waals surface area contributed by atoms with Crippen molar-refractivity contribution < 1.29 is 18.9 Å². The molecule has 0 aliphatic carbocycles. The summed E-state index contributed by atoms with van der Waals surface area (Å²) in [4.78, 5) is 22.6. The third-order valence-corrected chi connectivity index (χ3v) is 3.90. The van der Waals surface area contributed by atoms with Crippen LogP contribution in [0.3, 0.4) is 0 Å². The molecule has 1 heterocycles. The van der Waals surface area contributed by atoms with Crippen LogP contribution in [0.25, 0.3) is 11.3 Å². The van der Waals surface area contributed by atoms with Crippen LogP contribution in [-0.2, 0) is 11.2 Å². The second-order valence-corrected chi connectivity index (χ2v) is 5.79. The minimum Gasteiger partial charge on any atom is -0.497 e. The summed E-state index contributed by atoms with van der Waals surface area (Å²) < 4.78 is 10.6. The van der Waals surface area contributed by atoms with Gasteiger partial charge in [-0.05, 0) is 35.9 Å². The third-order valence-electron chi connectivity index (χ3n) is 3.90. The van der Waals surface area contributed by atoms with Gasteiger partial charge in [0.05, 0.1) is 30.2 Å². The first-order valence-corrected chi connectivity index (χ1v) is 8.35. The molecule has 0 bridgehead atoms. The molecule has 0 fully saturated rings. The maximum Gasteiger partial charge on any atom is 0.280 e. The fourth-order valence-electron chi connectivity index (χ4n) is 2.54. The van der Waals surface area contributed by atoms with Crippen molar-refractivity contribution in [2.24, 2.45) is 5.10 Å². The first kappa shape index (κ1) is 18.8. The minimum absolute atomic E-state index is 0.0480. The van der Waals surface area contributed by atoms with E-state index in [2.05, 4.69) is 10.5 Å². The minimum atomic E-state index is -0.467. The third kappa shape index (κ3) is 4.61. The van der Waals surface area contributed by atoms with Crippen LogP contribution in [0.15, 0.2) is 70.2 Å². The number of rotatable bonds is 7. The van der Waals surface area contributed by atoms with E-state index in [1.165, 1.54) is 12.3 Å². The molecule has 0 atom stereocenters. The monoisotopic (exact) mass is 379 g/mol. The maximum absolute atomic E-state index is 11.9. The lowest BCUT2D eigenvalue weighted by Gasteiger charge is -2.02. The number of carbonyl (C=O) groups is 1. The van der Waals surface area contributed by atoms with E-state index in [1.807, 2.05) is 0 Å². The standard InChI is InChI=1S/C20H17N3O5/c1-27-15-8-6-14(7-9-15)12-20(24)22-21-13-16-10-11-19(28-16)17-4-2-3-5-18(17)23(25)26/h2-11,13H,12H2,1H3,(H,22,24)/b21-13-. The van der Waals surface area contributed by atoms with Crippen LogP contribution in [0.5, 0.6) is 5.75 Å². The first-order valence-electron chi connectivity index (χ1n) is 8.35. The Bertz CT molecular complexity index is 1010. The predicted octanol–water partition coefficient (Wildman–Crippen LogP) is 3.56. The number of carbonyl (C=O) groups excluding carboxylic acids is 1. The molecule has 1 amide bonds. The van der Waals surface area contributed by atoms with Crippen molar-refractivity contribution in [3.8, 4) is 17.1 Å². The molecular weight excluding hydrogens is 362 g/mol. The van der Waals surface area contributed by atoms with Crippen LogP contribution in [0.2, 0.25) is 0 Å². The van der Waals surface area contributed by atoms with Gasteiger partial charge in [0.1, 0.15) is 17.3 Å². The Morgan fingerprint density at radius 1 is 1.18 bits per heavy atom. The molecule has 28 heavy (non-hydrogen) atoms. The Labute approximate surface area is 160 Å². The van der Waals surface area contributed by atoms with Gasteiger partial charge < -0.3 is 9.15 Å². The molecule has 0 spiro atoms. The topological polar surface area (TPSA) is 107 Å². The summed E-state index contributed by atoms with van der Waals surface area (Å²) in [7, 11) is 1.58. The number of amides is 1. The number of nitro benzene ring substituents is 1. The first-order chi connectivity index (χ1) is 13.6. The van der Waals surface area contributed by atoms with Gasteiger partial charge in [0.25, 0.3) is 5.69 Å². The number of hydrogen-bond acceptors (Lipinski definition) is 6. The molecule has 8 nitrogen and oxygen atoms in total. The number of hydrazone groups is 1. The second kappa shape index (κ2) is 8.63. The van der Waals surface area contributed by atoms with Crippen LogP contribution in [0.4, 0.5) is 5.69 Å². The van der Waals surface area contributed by atoms with Crippen molar-refractivity contribution in [2.75, 3.05) is 7.11 Å². The molecule has 8 heteroatoms. The van der Waals surface area contributed by atoms with Crippen molar-refractivity contribution in [1.82, 2.24) is 5.43 Å². The summed E-state index contributed by atoms with van der Waals surface area (Å²) in [5.74, 6) is 1.14. The van der Waals surface area contributed by atoms with E-state index in [0.29, 0.717) is 17.1 Å². The van der Waals surface area contributed by atoms with Crippen LogP contribution < -0.4 is 10.2 Å². The fraction of sp³-hybridized carbons (Fsp3) is 0.100. The van der Waals surface area contributed by atoms with E-state index in [9.17, 15) is 14.9 Å². The summed E-state index contributed by atoms with van der Waals surface area (Å²) in [6, 6.07) is 16.7. The number of hydrogen-bond donors (Lipinski definition) is 1. The molecule has 3 aromatic rings. The lowest BCUT2D eigenvalue weighted by atomic mass is 10.1. The summed E-state index contributed by atoms with van der Waals surface area (Å²) in [6.45, 7) is 0. The molecule has 2 aromatic carbocycles. The highest BCUT2D eigenvalue weighted by Gasteiger charge is 2.16. The zero-order chi connectivity index (χ0) is 19.9. The largest absolute Gasteiger partial charge is 0.497 e. The van der Waals surface area contributed by atoms with E-state index in [1.54, 1.807) is 61.7 Å². The van der Waals surface area contributed by atoms with E-state index in [-0.39, 0.29) is 18.0 Å². The van der Waals surface area contributed by atoms with Crippen LogP contribution >= 0.6 is 0 Å². The summed E-state index contributed by atoms with van der Waals surface area (Å²) in [5.41, 5.74) is 3.57. The molecule has 142 valence electrons. The number of nitrogens with one attached hydrogen (secondary N) is 1. The van der Waals surface area contributed by atoms with Crippen molar-refractivity contribution >= 4 is 17.8 Å². The summed E-state index contributed by atoms with van der Waals surface area (Å²) >= 11 is 0. The van der Waals surface area contributed by atoms with Crippen molar-refractivity contribution in [1.29, 1.82) is 0 Å². The molecule has 0 unspecified atom stereocenters. The zero-order valence-corrected chi connectivity index (χ0v) is 15.0. The Morgan fingerprint density at radius 3 is 2.64 bits per heavy atom. The summed E-state index contributed by atoms with van der Waals surface area (Å²) in [6.07, 6.45) is 1.51. The maximum atomic E-state index is 11.9. The van der Waals surface area contributed by atoms with Gasteiger partial charge in [0.2, 0.25) is 5.91 Å². The summed E-state index contributed by atoms with van der Waals surface area (Å²) in [5, 5.41) is 15.0. The lowest BCUT2D eigenvalue weighted by Crippen LogP contribution is -2.19. The van der Waals surface area contributed by atoms with Gasteiger partial charge in [0, 0.05) is 6.07 Å². The highest BCUT2D eigenvalue weighted by atomic mass is 16.6. The van der Waals surface area contributed by atoms with Crippen LogP contribution in [0.1, 0.15) is 11.3 Å². The highest BCUT2D eigenvalue weighted by molar-refractivity contribution is 5.82. The van der Waals surface area contributed by atoms with Crippen molar-refractivity contribution in [3.05, 3.63) is 82.1 Å².